The summed E-state index contributed by atoms with van der Waals surface area (Å²) in [6.07, 6.45) is 1.58. The van der Waals surface area contributed by atoms with Crippen LogP contribution in [0.2, 0.25) is 0 Å². The second-order valence-corrected chi connectivity index (χ2v) is 5.60. The van der Waals surface area contributed by atoms with E-state index >= 15 is 0 Å². The first-order valence-electron chi connectivity index (χ1n) is 7.42. The van der Waals surface area contributed by atoms with Gasteiger partial charge in [0.25, 0.3) is 0 Å². The number of halogens is 1. The van der Waals surface area contributed by atoms with Crippen LogP contribution in [0.1, 0.15) is 11.1 Å². The summed E-state index contributed by atoms with van der Waals surface area (Å²) in [6.45, 7) is 1.06. The second kappa shape index (κ2) is 7.65. The van der Waals surface area contributed by atoms with E-state index in [-0.39, 0.29) is 5.82 Å². The van der Waals surface area contributed by atoms with Gasteiger partial charge in [-0.15, -0.1) is 5.10 Å². The van der Waals surface area contributed by atoms with Crippen LogP contribution < -0.4 is 10.6 Å². The molecule has 0 radical (unpaired) electrons. The van der Waals surface area contributed by atoms with Crippen LogP contribution in [0.3, 0.4) is 0 Å². The third kappa shape index (κ3) is 4.60. The molecule has 0 aliphatic rings. The lowest BCUT2D eigenvalue weighted by atomic mass is 10.2. The van der Waals surface area contributed by atoms with Crippen molar-refractivity contribution in [2.75, 3.05) is 5.32 Å². The van der Waals surface area contributed by atoms with Crippen molar-refractivity contribution in [2.24, 2.45) is 0 Å². The van der Waals surface area contributed by atoms with Crippen LogP contribution in [0.15, 0.2) is 60.9 Å². The summed E-state index contributed by atoms with van der Waals surface area (Å²) < 4.78 is 14.8. The quantitative estimate of drug-likeness (QED) is 0.699. The van der Waals surface area contributed by atoms with Gasteiger partial charge in [0.2, 0.25) is 5.95 Å². The predicted octanol–water partition coefficient (Wildman–Crippen LogP) is 2.95. The van der Waals surface area contributed by atoms with E-state index in [1.165, 1.54) is 12.1 Å². The molecule has 3 rings (SSSR count). The molecular weight excluding hydrogens is 325 g/mol. The van der Waals surface area contributed by atoms with Gasteiger partial charge in [0.15, 0.2) is 5.11 Å². The zero-order chi connectivity index (χ0) is 16.8. The van der Waals surface area contributed by atoms with E-state index in [0.29, 0.717) is 24.2 Å². The number of hydrogen-bond donors (Lipinski definition) is 2. The fourth-order valence-electron chi connectivity index (χ4n) is 2.17. The Kier molecular flexibility index (Phi) is 5.12. The maximum absolute atomic E-state index is 13.2. The molecular formula is C17H16FN5S. The van der Waals surface area contributed by atoms with Crippen LogP contribution in [0.5, 0.6) is 0 Å². The first-order chi connectivity index (χ1) is 11.7. The van der Waals surface area contributed by atoms with Crippen LogP contribution >= 0.6 is 12.2 Å². The van der Waals surface area contributed by atoms with E-state index in [1.807, 2.05) is 36.4 Å². The summed E-state index contributed by atoms with van der Waals surface area (Å²) in [5.41, 5.74) is 1.95. The summed E-state index contributed by atoms with van der Waals surface area (Å²) in [4.78, 5) is 4.15. The number of nitrogens with zero attached hydrogens (tertiary/aromatic N) is 3. The Bertz CT molecular complexity index is 819. The van der Waals surface area contributed by atoms with Gasteiger partial charge >= 0.3 is 0 Å². The van der Waals surface area contributed by atoms with Gasteiger partial charge < -0.3 is 5.32 Å². The largest absolute Gasteiger partial charge is 0.358 e. The molecule has 0 spiro atoms. The SMILES string of the molecule is Fc1cccc(Cn2cnc(NC(=S)NCc3ccccc3)n2)c1. The minimum Gasteiger partial charge on any atom is -0.358 e. The third-order valence-electron chi connectivity index (χ3n) is 3.29. The second-order valence-electron chi connectivity index (χ2n) is 5.19. The number of thiocarbonyl (C=S) groups is 1. The van der Waals surface area contributed by atoms with Crippen molar-refractivity contribution < 1.29 is 4.39 Å². The van der Waals surface area contributed by atoms with Crippen LogP contribution in [0, 0.1) is 5.82 Å². The Hall–Kier alpha value is -2.80. The van der Waals surface area contributed by atoms with Crippen molar-refractivity contribution in [1.29, 1.82) is 0 Å². The molecule has 5 nitrogen and oxygen atoms in total. The molecule has 3 aromatic rings. The molecule has 0 fully saturated rings. The molecule has 0 bridgehead atoms. The van der Waals surface area contributed by atoms with E-state index in [9.17, 15) is 4.39 Å². The van der Waals surface area contributed by atoms with Crippen molar-refractivity contribution in [3.8, 4) is 0 Å². The molecule has 0 unspecified atom stereocenters. The van der Waals surface area contributed by atoms with Gasteiger partial charge in [-0.1, -0.05) is 42.5 Å². The fourth-order valence-corrected chi connectivity index (χ4v) is 2.34. The zero-order valence-electron chi connectivity index (χ0n) is 12.8. The van der Waals surface area contributed by atoms with Crippen molar-refractivity contribution in [3.05, 3.63) is 77.9 Å². The van der Waals surface area contributed by atoms with Crippen molar-refractivity contribution in [1.82, 2.24) is 20.1 Å². The maximum Gasteiger partial charge on any atom is 0.248 e. The van der Waals surface area contributed by atoms with Gasteiger partial charge in [-0.05, 0) is 35.5 Å². The Morgan fingerprint density at radius 3 is 2.67 bits per heavy atom. The molecule has 0 saturated heterocycles. The number of nitrogens with one attached hydrogen (secondary N) is 2. The summed E-state index contributed by atoms with van der Waals surface area (Å²) in [5.74, 6) is 0.134. The van der Waals surface area contributed by atoms with Crippen molar-refractivity contribution in [3.63, 3.8) is 0 Å². The van der Waals surface area contributed by atoms with Gasteiger partial charge in [-0.2, -0.15) is 0 Å². The minimum atomic E-state index is -0.266. The average Bonchev–Trinajstić information content (AvgIpc) is 3.01. The first-order valence-corrected chi connectivity index (χ1v) is 7.82. The van der Waals surface area contributed by atoms with Gasteiger partial charge in [0.05, 0.1) is 6.54 Å². The van der Waals surface area contributed by atoms with E-state index < -0.39 is 0 Å². The van der Waals surface area contributed by atoms with E-state index in [2.05, 4.69) is 20.7 Å². The molecule has 24 heavy (non-hydrogen) atoms. The van der Waals surface area contributed by atoms with Gasteiger partial charge in [-0.25, -0.2) is 14.1 Å². The van der Waals surface area contributed by atoms with Gasteiger partial charge in [0, 0.05) is 6.54 Å². The van der Waals surface area contributed by atoms with Crippen LogP contribution in [-0.2, 0) is 13.1 Å². The molecule has 2 N–H and O–H groups in total. The minimum absolute atomic E-state index is 0.266. The van der Waals surface area contributed by atoms with Crippen LogP contribution in [0.25, 0.3) is 0 Å². The highest BCUT2D eigenvalue weighted by Crippen LogP contribution is 2.06. The number of benzene rings is 2. The topological polar surface area (TPSA) is 54.8 Å². The third-order valence-corrected chi connectivity index (χ3v) is 3.54. The van der Waals surface area contributed by atoms with Crippen LogP contribution in [-0.4, -0.2) is 19.9 Å². The molecule has 0 amide bonds. The molecule has 2 aromatic carbocycles. The monoisotopic (exact) mass is 341 g/mol. The molecule has 0 aliphatic carbocycles. The molecule has 0 aliphatic heterocycles. The molecule has 1 aromatic heterocycles. The number of anilines is 1. The molecule has 7 heteroatoms. The highest BCUT2D eigenvalue weighted by Gasteiger charge is 2.04. The molecule has 1 heterocycles. The summed E-state index contributed by atoms with van der Waals surface area (Å²) in [5, 5.41) is 10.7. The van der Waals surface area contributed by atoms with E-state index in [4.69, 9.17) is 12.2 Å². The average molecular weight is 341 g/mol. The van der Waals surface area contributed by atoms with Crippen molar-refractivity contribution in [2.45, 2.75) is 13.1 Å². The van der Waals surface area contributed by atoms with E-state index in [1.54, 1.807) is 17.1 Å². The lowest BCUT2D eigenvalue weighted by molar-refractivity contribution is 0.619. The Labute approximate surface area is 144 Å². The number of aromatic nitrogens is 3. The molecule has 0 atom stereocenters. The van der Waals surface area contributed by atoms with Crippen LogP contribution in [0.4, 0.5) is 10.3 Å². The van der Waals surface area contributed by atoms with E-state index in [0.717, 1.165) is 11.1 Å². The molecule has 0 saturated carbocycles. The normalized spacial score (nSPS) is 10.4. The lowest BCUT2D eigenvalue weighted by Crippen LogP contribution is -2.28. The maximum atomic E-state index is 13.2. The lowest BCUT2D eigenvalue weighted by Gasteiger charge is -2.07. The first kappa shape index (κ1) is 16.1. The smallest absolute Gasteiger partial charge is 0.248 e. The fraction of sp³-hybridized carbons (Fsp3) is 0.118. The predicted molar refractivity (Wildman–Crippen MR) is 95.0 cm³/mol. The Morgan fingerprint density at radius 1 is 1.08 bits per heavy atom. The zero-order valence-corrected chi connectivity index (χ0v) is 13.6. The number of hydrogen-bond acceptors (Lipinski definition) is 3. The summed E-state index contributed by atoms with van der Waals surface area (Å²) >= 11 is 5.23. The highest BCUT2D eigenvalue weighted by atomic mass is 32.1. The Morgan fingerprint density at radius 2 is 1.88 bits per heavy atom. The summed E-state index contributed by atoms with van der Waals surface area (Å²) in [6, 6.07) is 16.3. The van der Waals surface area contributed by atoms with Gasteiger partial charge in [-0.3, -0.25) is 5.32 Å². The van der Waals surface area contributed by atoms with Gasteiger partial charge in [0.1, 0.15) is 12.1 Å². The van der Waals surface area contributed by atoms with Crippen molar-refractivity contribution >= 4 is 23.3 Å². The standard InChI is InChI=1S/C17H16FN5S/c18-15-8-4-7-14(9-15)11-23-12-20-16(22-23)21-17(24)19-10-13-5-2-1-3-6-13/h1-9,12H,10-11H2,(H2,19,21,22,24). The Balaban J connectivity index is 1.53. The highest BCUT2D eigenvalue weighted by molar-refractivity contribution is 7.80. The summed E-state index contributed by atoms with van der Waals surface area (Å²) in [7, 11) is 0. The number of rotatable bonds is 5. The molecule has 122 valence electrons.